The van der Waals surface area contributed by atoms with E-state index in [2.05, 4.69) is 16.6 Å². The summed E-state index contributed by atoms with van der Waals surface area (Å²) in [6.45, 7) is 8.17. The molecule has 5 nitrogen and oxygen atoms in total. The third kappa shape index (κ3) is 4.17. The molecular formula is C15H27NO4. The quantitative estimate of drug-likeness (QED) is 0.721. The average Bonchev–Trinajstić information content (AvgIpc) is 2.80. The first-order chi connectivity index (χ1) is 9.54. The van der Waals surface area contributed by atoms with Gasteiger partial charge in [-0.1, -0.05) is 6.92 Å². The summed E-state index contributed by atoms with van der Waals surface area (Å²) in [6.07, 6.45) is 3.45. The topological polar surface area (TPSA) is 48.0 Å². The average molecular weight is 285 g/mol. The van der Waals surface area contributed by atoms with Gasteiger partial charge in [0.15, 0.2) is 5.79 Å². The van der Waals surface area contributed by atoms with E-state index in [4.69, 9.17) is 9.47 Å². The summed E-state index contributed by atoms with van der Waals surface area (Å²) in [5, 5.41) is 0. The van der Waals surface area contributed by atoms with Gasteiger partial charge in [-0.15, -0.1) is 0 Å². The zero-order valence-corrected chi connectivity index (χ0v) is 12.9. The van der Waals surface area contributed by atoms with Crippen LogP contribution >= 0.6 is 0 Å². The fraction of sp³-hybridized carbons (Fsp3) is 0.933. The van der Waals surface area contributed by atoms with E-state index in [1.807, 2.05) is 6.92 Å². The van der Waals surface area contributed by atoms with Gasteiger partial charge in [-0.3, -0.25) is 4.79 Å². The minimum Gasteiger partial charge on any atom is -0.469 e. The third-order valence-electron chi connectivity index (χ3n) is 4.43. The van der Waals surface area contributed by atoms with Crippen molar-refractivity contribution in [1.82, 2.24) is 4.90 Å². The molecule has 0 bridgehead atoms. The van der Waals surface area contributed by atoms with Crippen LogP contribution in [-0.2, 0) is 19.0 Å². The summed E-state index contributed by atoms with van der Waals surface area (Å²) in [5.74, 6) is -0.114. The standard InChI is InChI=1S/C15H27NO4/c1-4-16-7-5-12(6-8-16)10-15(2)19-11-13(20-15)9-14(17)18-3/h12-13H,4-11H2,1-3H3. The minimum atomic E-state index is -0.530. The molecule has 0 saturated carbocycles. The molecule has 0 spiro atoms. The number of carbonyl (C=O) groups excluding carboxylic acids is 1. The lowest BCUT2D eigenvalue weighted by Gasteiger charge is -2.35. The van der Waals surface area contributed by atoms with Crippen LogP contribution < -0.4 is 0 Å². The van der Waals surface area contributed by atoms with Crippen LogP contribution in [0, 0.1) is 5.92 Å². The Morgan fingerprint density at radius 1 is 1.40 bits per heavy atom. The lowest BCUT2D eigenvalue weighted by molar-refractivity contribution is -0.172. The zero-order chi connectivity index (χ0) is 14.6. The van der Waals surface area contributed by atoms with Crippen molar-refractivity contribution in [2.45, 2.75) is 51.4 Å². The minimum absolute atomic E-state index is 0.164. The molecule has 2 rings (SSSR count). The number of methoxy groups -OCH3 is 1. The van der Waals surface area contributed by atoms with E-state index >= 15 is 0 Å². The summed E-state index contributed by atoms with van der Waals surface area (Å²) in [7, 11) is 1.40. The molecule has 2 heterocycles. The molecule has 2 atom stereocenters. The summed E-state index contributed by atoms with van der Waals surface area (Å²) >= 11 is 0. The molecule has 2 aliphatic heterocycles. The largest absolute Gasteiger partial charge is 0.469 e. The highest BCUT2D eigenvalue weighted by atomic mass is 16.7. The van der Waals surface area contributed by atoms with Gasteiger partial charge < -0.3 is 19.1 Å². The van der Waals surface area contributed by atoms with Crippen LogP contribution in [0.4, 0.5) is 0 Å². The van der Waals surface area contributed by atoms with Crippen LogP contribution in [-0.4, -0.2) is 56.1 Å². The molecular weight excluding hydrogens is 258 g/mol. The highest BCUT2D eigenvalue weighted by Crippen LogP contribution is 2.34. The second-order valence-corrected chi connectivity index (χ2v) is 6.05. The van der Waals surface area contributed by atoms with Gasteiger partial charge in [0.05, 0.1) is 26.2 Å². The van der Waals surface area contributed by atoms with Crippen molar-refractivity contribution in [2.24, 2.45) is 5.92 Å². The second-order valence-electron chi connectivity index (χ2n) is 6.05. The molecule has 0 radical (unpaired) electrons. The van der Waals surface area contributed by atoms with Gasteiger partial charge in [0.25, 0.3) is 0 Å². The monoisotopic (exact) mass is 285 g/mol. The van der Waals surface area contributed by atoms with Crippen LogP contribution in [0.15, 0.2) is 0 Å². The molecule has 0 aromatic rings. The molecule has 2 aliphatic rings. The number of hydrogen-bond donors (Lipinski definition) is 0. The first-order valence-electron chi connectivity index (χ1n) is 7.65. The maximum atomic E-state index is 11.3. The SMILES string of the molecule is CCN1CCC(CC2(C)OCC(CC(=O)OC)O2)CC1. The smallest absolute Gasteiger partial charge is 0.308 e. The molecule has 5 heteroatoms. The molecule has 0 aromatic carbocycles. The Kier molecular flexibility index (Phi) is 5.41. The molecule has 116 valence electrons. The van der Waals surface area contributed by atoms with Gasteiger partial charge in [0.2, 0.25) is 0 Å². The van der Waals surface area contributed by atoms with E-state index in [1.54, 1.807) is 0 Å². The van der Waals surface area contributed by atoms with E-state index in [0.717, 1.165) is 13.0 Å². The number of rotatable bonds is 5. The molecule has 0 aromatic heterocycles. The van der Waals surface area contributed by atoms with Crippen molar-refractivity contribution in [3.05, 3.63) is 0 Å². The van der Waals surface area contributed by atoms with Gasteiger partial charge in [0.1, 0.15) is 0 Å². The lowest BCUT2D eigenvalue weighted by Crippen LogP contribution is -2.37. The fourth-order valence-corrected chi connectivity index (χ4v) is 3.20. The number of ether oxygens (including phenoxy) is 3. The van der Waals surface area contributed by atoms with Crippen molar-refractivity contribution < 1.29 is 19.0 Å². The number of piperidine rings is 1. The van der Waals surface area contributed by atoms with Gasteiger partial charge in [-0.25, -0.2) is 0 Å². The molecule has 0 N–H and O–H groups in total. The Labute approximate surface area is 121 Å². The van der Waals surface area contributed by atoms with Gasteiger partial charge in [0, 0.05) is 6.42 Å². The highest BCUT2D eigenvalue weighted by molar-refractivity contribution is 5.69. The van der Waals surface area contributed by atoms with E-state index in [9.17, 15) is 4.79 Å². The third-order valence-corrected chi connectivity index (χ3v) is 4.43. The number of nitrogens with zero attached hydrogens (tertiary/aromatic N) is 1. The number of likely N-dealkylation sites (tertiary alicyclic amines) is 1. The molecule has 2 saturated heterocycles. The fourth-order valence-electron chi connectivity index (χ4n) is 3.20. The van der Waals surface area contributed by atoms with Crippen LogP contribution in [0.2, 0.25) is 0 Å². The van der Waals surface area contributed by atoms with Gasteiger partial charge in [-0.2, -0.15) is 0 Å². The summed E-state index contributed by atoms with van der Waals surface area (Å²) < 4.78 is 16.4. The first kappa shape index (κ1) is 15.7. The maximum Gasteiger partial charge on any atom is 0.308 e. The molecule has 0 aliphatic carbocycles. The van der Waals surface area contributed by atoms with Crippen molar-refractivity contribution in [1.29, 1.82) is 0 Å². The number of carbonyl (C=O) groups is 1. The lowest BCUT2D eigenvalue weighted by atomic mass is 9.90. The Hall–Kier alpha value is -0.650. The van der Waals surface area contributed by atoms with Crippen molar-refractivity contribution >= 4 is 5.97 Å². The predicted octanol–water partition coefficient (Wildman–Crippen LogP) is 1.80. The molecule has 0 amide bonds. The Morgan fingerprint density at radius 3 is 2.70 bits per heavy atom. The van der Waals surface area contributed by atoms with Crippen LogP contribution in [0.25, 0.3) is 0 Å². The van der Waals surface area contributed by atoms with Crippen molar-refractivity contribution in [2.75, 3.05) is 33.4 Å². The van der Waals surface area contributed by atoms with Crippen LogP contribution in [0.1, 0.15) is 39.5 Å². The van der Waals surface area contributed by atoms with Gasteiger partial charge >= 0.3 is 5.97 Å². The van der Waals surface area contributed by atoms with E-state index in [-0.39, 0.29) is 18.5 Å². The van der Waals surface area contributed by atoms with Crippen molar-refractivity contribution in [3.63, 3.8) is 0 Å². The maximum absolute atomic E-state index is 11.3. The van der Waals surface area contributed by atoms with E-state index in [0.29, 0.717) is 12.5 Å². The van der Waals surface area contributed by atoms with E-state index < -0.39 is 5.79 Å². The Bertz CT molecular complexity index is 328. The molecule has 20 heavy (non-hydrogen) atoms. The Balaban J connectivity index is 1.77. The normalized spacial score (nSPS) is 32.5. The summed E-state index contributed by atoms with van der Waals surface area (Å²) in [5.41, 5.74) is 0. The highest BCUT2D eigenvalue weighted by Gasteiger charge is 2.40. The molecule has 2 unspecified atom stereocenters. The predicted molar refractivity (Wildman–Crippen MR) is 75.3 cm³/mol. The number of hydrogen-bond acceptors (Lipinski definition) is 5. The summed E-state index contributed by atoms with van der Waals surface area (Å²) in [6, 6.07) is 0. The molecule has 2 fully saturated rings. The number of esters is 1. The summed E-state index contributed by atoms with van der Waals surface area (Å²) in [4.78, 5) is 13.8. The van der Waals surface area contributed by atoms with E-state index in [1.165, 1.54) is 33.0 Å². The Morgan fingerprint density at radius 2 is 2.10 bits per heavy atom. The first-order valence-corrected chi connectivity index (χ1v) is 7.65. The van der Waals surface area contributed by atoms with Gasteiger partial charge in [-0.05, 0) is 45.3 Å². The zero-order valence-electron chi connectivity index (χ0n) is 12.9. The van der Waals surface area contributed by atoms with Crippen LogP contribution in [0.3, 0.4) is 0 Å². The van der Waals surface area contributed by atoms with Crippen molar-refractivity contribution in [3.8, 4) is 0 Å². The second kappa shape index (κ2) is 6.87. The van der Waals surface area contributed by atoms with Crippen LogP contribution in [0.5, 0.6) is 0 Å².